The highest BCUT2D eigenvalue weighted by atomic mass is 127. The molecule has 1 aromatic carbocycles. The second kappa shape index (κ2) is 11.3. The standard InChI is InChI=1S/C20H26ClN5O2.HI/c1-15-7-14-28-18(15)19(27)23-8-2-9-24-20(22)26-12-10-25(11-13-26)17-5-3-16(21)4-6-17;/h3-7,14H,2,8-13H2,1H3,(H2,22,24)(H,23,27);1H. The summed E-state index contributed by atoms with van der Waals surface area (Å²) in [5, 5.41) is 3.58. The van der Waals surface area contributed by atoms with Gasteiger partial charge in [-0.1, -0.05) is 11.6 Å². The largest absolute Gasteiger partial charge is 0.459 e. The molecular weight excluding hydrogens is 505 g/mol. The fraction of sp³-hybridized carbons (Fsp3) is 0.400. The van der Waals surface area contributed by atoms with E-state index in [0.29, 0.717) is 24.8 Å². The molecule has 1 fully saturated rings. The number of nitrogens with two attached hydrogens (primary N) is 1. The molecule has 0 spiro atoms. The molecule has 9 heteroatoms. The number of halogens is 2. The van der Waals surface area contributed by atoms with Gasteiger partial charge >= 0.3 is 0 Å². The molecule has 2 heterocycles. The highest BCUT2D eigenvalue weighted by Crippen LogP contribution is 2.19. The Morgan fingerprint density at radius 2 is 1.90 bits per heavy atom. The van der Waals surface area contributed by atoms with Gasteiger partial charge in [0.05, 0.1) is 6.26 Å². The van der Waals surface area contributed by atoms with Gasteiger partial charge in [0, 0.05) is 55.5 Å². The Balaban J connectivity index is 0.00000300. The predicted molar refractivity (Wildman–Crippen MR) is 128 cm³/mol. The Bertz CT molecular complexity index is 817. The summed E-state index contributed by atoms with van der Waals surface area (Å²) in [4.78, 5) is 20.8. The molecule has 0 saturated carbocycles. The summed E-state index contributed by atoms with van der Waals surface area (Å²) in [5.41, 5.74) is 8.13. The highest BCUT2D eigenvalue weighted by Gasteiger charge is 2.18. The van der Waals surface area contributed by atoms with Crippen LogP contribution in [0.2, 0.25) is 5.02 Å². The van der Waals surface area contributed by atoms with E-state index in [2.05, 4.69) is 20.1 Å². The number of nitrogens with zero attached hydrogens (tertiary/aromatic N) is 3. The predicted octanol–water partition coefficient (Wildman–Crippen LogP) is 3.12. The van der Waals surface area contributed by atoms with Gasteiger partial charge in [0.2, 0.25) is 0 Å². The number of piperazine rings is 1. The Hall–Kier alpha value is -1.94. The average molecular weight is 532 g/mol. The molecule has 1 amide bonds. The van der Waals surface area contributed by atoms with Crippen molar-refractivity contribution in [2.75, 3.05) is 44.2 Å². The molecule has 1 aromatic heterocycles. The Morgan fingerprint density at radius 3 is 2.52 bits per heavy atom. The maximum Gasteiger partial charge on any atom is 0.287 e. The van der Waals surface area contributed by atoms with Crippen molar-refractivity contribution in [1.29, 1.82) is 0 Å². The molecule has 158 valence electrons. The monoisotopic (exact) mass is 531 g/mol. The number of anilines is 1. The number of furan rings is 1. The third-order valence-corrected chi connectivity index (χ3v) is 5.01. The fourth-order valence-corrected chi connectivity index (χ4v) is 3.23. The molecule has 0 atom stereocenters. The lowest BCUT2D eigenvalue weighted by molar-refractivity contribution is 0.0925. The van der Waals surface area contributed by atoms with Crippen LogP contribution < -0.4 is 16.0 Å². The first-order chi connectivity index (χ1) is 13.5. The van der Waals surface area contributed by atoms with Crippen LogP contribution in [0.4, 0.5) is 5.69 Å². The van der Waals surface area contributed by atoms with E-state index in [1.165, 1.54) is 12.0 Å². The number of rotatable bonds is 6. The molecule has 1 aliphatic heterocycles. The lowest BCUT2D eigenvalue weighted by Crippen LogP contribution is -2.51. The van der Waals surface area contributed by atoms with Gasteiger partial charge in [-0.25, -0.2) is 0 Å². The molecular formula is C20H27ClIN5O2. The average Bonchev–Trinajstić information content (AvgIpc) is 3.14. The van der Waals surface area contributed by atoms with Crippen molar-refractivity contribution in [3.63, 3.8) is 0 Å². The first-order valence-corrected chi connectivity index (χ1v) is 9.80. The van der Waals surface area contributed by atoms with Crippen LogP contribution in [0.3, 0.4) is 0 Å². The van der Waals surface area contributed by atoms with Crippen molar-refractivity contribution < 1.29 is 9.21 Å². The van der Waals surface area contributed by atoms with Crippen LogP contribution in [-0.2, 0) is 0 Å². The lowest BCUT2D eigenvalue weighted by Gasteiger charge is -2.36. The molecule has 0 unspecified atom stereocenters. The minimum Gasteiger partial charge on any atom is -0.459 e. The summed E-state index contributed by atoms with van der Waals surface area (Å²) in [5.74, 6) is 0.725. The van der Waals surface area contributed by atoms with Gasteiger partial charge in [0.25, 0.3) is 5.91 Å². The molecule has 3 rings (SSSR count). The summed E-state index contributed by atoms with van der Waals surface area (Å²) >= 11 is 5.95. The topological polar surface area (TPSA) is 87.1 Å². The van der Waals surface area contributed by atoms with E-state index in [4.69, 9.17) is 21.8 Å². The molecule has 0 aliphatic carbocycles. The number of aryl methyl sites for hydroxylation is 1. The van der Waals surface area contributed by atoms with E-state index in [0.717, 1.165) is 43.2 Å². The van der Waals surface area contributed by atoms with Crippen LogP contribution in [0.1, 0.15) is 22.5 Å². The number of hydrogen-bond donors (Lipinski definition) is 2. The fourth-order valence-electron chi connectivity index (χ4n) is 3.11. The number of hydrogen-bond acceptors (Lipinski definition) is 4. The highest BCUT2D eigenvalue weighted by molar-refractivity contribution is 14.0. The van der Waals surface area contributed by atoms with Gasteiger partial charge in [-0.05, 0) is 43.7 Å². The number of amides is 1. The maximum atomic E-state index is 12.0. The van der Waals surface area contributed by atoms with Crippen LogP contribution in [0, 0.1) is 6.92 Å². The van der Waals surface area contributed by atoms with Crippen molar-refractivity contribution in [1.82, 2.24) is 10.2 Å². The van der Waals surface area contributed by atoms with Crippen molar-refractivity contribution in [3.8, 4) is 0 Å². The van der Waals surface area contributed by atoms with E-state index < -0.39 is 0 Å². The second-order valence-corrected chi connectivity index (χ2v) is 7.17. The summed E-state index contributed by atoms with van der Waals surface area (Å²) in [6.07, 6.45) is 2.23. The molecule has 1 aliphatic rings. The van der Waals surface area contributed by atoms with E-state index in [1.54, 1.807) is 6.07 Å². The second-order valence-electron chi connectivity index (χ2n) is 6.73. The molecule has 3 N–H and O–H groups in total. The number of carbonyl (C=O) groups excluding carboxylic acids is 1. The molecule has 7 nitrogen and oxygen atoms in total. The third-order valence-electron chi connectivity index (χ3n) is 4.76. The smallest absolute Gasteiger partial charge is 0.287 e. The van der Waals surface area contributed by atoms with Crippen molar-refractivity contribution in [2.24, 2.45) is 10.7 Å². The van der Waals surface area contributed by atoms with E-state index in [1.807, 2.05) is 31.2 Å². The SMILES string of the molecule is Cc1ccoc1C(=O)NCCCN=C(N)N1CCN(c2ccc(Cl)cc2)CC1.I. The van der Waals surface area contributed by atoms with E-state index >= 15 is 0 Å². The Labute approximate surface area is 193 Å². The summed E-state index contributed by atoms with van der Waals surface area (Å²) in [6.45, 7) is 6.36. The number of benzene rings is 1. The minimum absolute atomic E-state index is 0. The number of aliphatic imine (C=N–C) groups is 1. The number of guanidine groups is 1. The Kier molecular flexibility index (Phi) is 9.09. The van der Waals surface area contributed by atoms with Crippen molar-refractivity contribution >= 4 is 53.1 Å². The quantitative estimate of drug-likeness (QED) is 0.259. The summed E-state index contributed by atoms with van der Waals surface area (Å²) in [6, 6.07) is 9.66. The maximum absolute atomic E-state index is 12.0. The number of nitrogens with one attached hydrogen (secondary N) is 1. The minimum atomic E-state index is -0.197. The van der Waals surface area contributed by atoms with Crippen molar-refractivity contribution in [3.05, 3.63) is 52.9 Å². The van der Waals surface area contributed by atoms with Crippen LogP contribution in [-0.4, -0.2) is 56.0 Å². The third kappa shape index (κ3) is 6.53. The zero-order chi connectivity index (χ0) is 19.9. The summed E-state index contributed by atoms with van der Waals surface area (Å²) in [7, 11) is 0. The number of carbonyl (C=O) groups is 1. The van der Waals surface area contributed by atoms with Crippen molar-refractivity contribution in [2.45, 2.75) is 13.3 Å². The normalized spacial score (nSPS) is 14.5. The van der Waals surface area contributed by atoms with Crippen LogP contribution in [0.25, 0.3) is 0 Å². The first-order valence-electron chi connectivity index (χ1n) is 9.42. The van der Waals surface area contributed by atoms with Crippen LogP contribution in [0.5, 0.6) is 0 Å². The van der Waals surface area contributed by atoms with E-state index in [9.17, 15) is 4.79 Å². The lowest BCUT2D eigenvalue weighted by atomic mass is 10.2. The zero-order valence-corrected chi connectivity index (χ0v) is 19.5. The van der Waals surface area contributed by atoms with Gasteiger partial charge in [-0.2, -0.15) is 0 Å². The first kappa shape index (κ1) is 23.3. The van der Waals surface area contributed by atoms with E-state index in [-0.39, 0.29) is 29.9 Å². The van der Waals surface area contributed by atoms with Gasteiger partial charge in [0.1, 0.15) is 0 Å². The Morgan fingerprint density at radius 1 is 1.21 bits per heavy atom. The van der Waals surface area contributed by atoms with Crippen LogP contribution >= 0.6 is 35.6 Å². The molecule has 2 aromatic rings. The van der Waals surface area contributed by atoms with Crippen LogP contribution in [0.15, 0.2) is 46.0 Å². The van der Waals surface area contributed by atoms with Gasteiger partial charge < -0.3 is 25.3 Å². The van der Waals surface area contributed by atoms with Gasteiger partial charge in [0.15, 0.2) is 11.7 Å². The molecule has 0 radical (unpaired) electrons. The van der Waals surface area contributed by atoms with Gasteiger partial charge in [-0.3, -0.25) is 9.79 Å². The molecule has 1 saturated heterocycles. The zero-order valence-electron chi connectivity index (χ0n) is 16.4. The summed E-state index contributed by atoms with van der Waals surface area (Å²) < 4.78 is 5.17. The molecule has 0 bridgehead atoms. The molecule has 29 heavy (non-hydrogen) atoms. The van der Waals surface area contributed by atoms with Gasteiger partial charge in [-0.15, -0.1) is 24.0 Å².